The molecule has 1 aromatic carbocycles. The molecule has 1 aromatic heterocycles. The molecule has 0 saturated carbocycles. The van der Waals surface area contributed by atoms with Crippen LogP contribution in [-0.4, -0.2) is 11.7 Å². The lowest BCUT2D eigenvalue weighted by Crippen LogP contribution is -1.98. The summed E-state index contributed by atoms with van der Waals surface area (Å²) in [6.45, 7) is 3.22. The standard InChI is InChI=1S/C13H17NOS/c1-2-3-4-8-14-12-9-10-6-5-7-11(15)13(10)16-12/h5-7,9,14-15H,2-4,8H2,1H3. The van der Waals surface area contributed by atoms with E-state index in [0.29, 0.717) is 5.75 Å². The van der Waals surface area contributed by atoms with Crippen LogP contribution in [0, 0.1) is 0 Å². The average molecular weight is 235 g/mol. The Kier molecular flexibility index (Phi) is 3.67. The van der Waals surface area contributed by atoms with E-state index in [1.807, 2.05) is 12.1 Å². The lowest BCUT2D eigenvalue weighted by molar-refractivity contribution is 0.482. The molecule has 86 valence electrons. The van der Waals surface area contributed by atoms with E-state index < -0.39 is 0 Å². The first-order chi connectivity index (χ1) is 7.81. The third-order valence-corrected chi connectivity index (χ3v) is 3.73. The van der Waals surface area contributed by atoms with Crippen molar-refractivity contribution < 1.29 is 5.11 Å². The Morgan fingerprint density at radius 3 is 2.94 bits per heavy atom. The monoisotopic (exact) mass is 235 g/mol. The van der Waals surface area contributed by atoms with Gasteiger partial charge in [-0.1, -0.05) is 31.9 Å². The molecule has 0 amide bonds. The molecule has 2 nitrogen and oxygen atoms in total. The summed E-state index contributed by atoms with van der Waals surface area (Å²) < 4.78 is 0.973. The van der Waals surface area contributed by atoms with E-state index >= 15 is 0 Å². The van der Waals surface area contributed by atoms with Crippen molar-refractivity contribution in [3.8, 4) is 5.75 Å². The van der Waals surface area contributed by atoms with E-state index in [1.165, 1.54) is 19.3 Å². The number of fused-ring (bicyclic) bond motifs is 1. The molecule has 0 aliphatic carbocycles. The second-order valence-electron chi connectivity index (χ2n) is 3.94. The molecule has 0 saturated heterocycles. The number of thiophene rings is 1. The fourth-order valence-corrected chi connectivity index (χ4v) is 2.72. The van der Waals surface area contributed by atoms with Crippen molar-refractivity contribution in [1.29, 1.82) is 0 Å². The number of phenols is 1. The minimum absolute atomic E-state index is 0.379. The Labute approximate surface area is 99.9 Å². The molecule has 0 bridgehead atoms. The molecule has 0 aliphatic rings. The first kappa shape index (κ1) is 11.3. The van der Waals surface area contributed by atoms with Crippen molar-refractivity contribution in [2.24, 2.45) is 0 Å². The van der Waals surface area contributed by atoms with Crippen molar-refractivity contribution >= 4 is 26.4 Å². The van der Waals surface area contributed by atoms with Gasteiger partial charge in [-0.05, 0) is 23.9 Å². The summed E-state index contributed by atoms with van der Waals surface area (Å²) in [7, 11) is 0. The largest absolute Gasteiger partial charge is 0.506 e. The van der Waals surface area contributed by atoms with Gasteiger partial charge in [-0.2, -0.15) is 0 Å². The maximum Gasteiger partial charge on any atom is 0.133 e. The zero-order valence-corrected chi connectivity index (χ0v) is 10.3. The third-order valence-electron chi connectivity index (χ3n) is 2.60. The molecule has 2 aromatic rings. The van der Waals surface area contributed by atoms with Gasteiger partial charge in [-0.15, -0.1) is 11.3 Å². The van der Waals surface area contributed by atoms with Crippen LogP contribution in [0.3, 0.4) is 0 Å². The van der Waals surface area contributed by atoms with Crippen molar-refractivity contribution in [1.82, 2.24) is 0 Å². The van der Waals surface area contributed by atoms with E-state index in [2.05, 4.69) is 18.3 Å². The fourth-order valence-electron chi connectivity index (χ4n) is 1.72. The Morgan fingerprint density at radius 2 is 2.19 bits per heavy atom. The quantitative estimate of drug-likeness (QED) is 0.761. The van der Waals surface area contributed by atoms with Crippen LogP contribution in [0.4, 0.5) is 5.00 Å². The Hall–Kier alpha value is -1.22. The first-order valence-electron chi connectivity index (χ1n) is 5.76. The Balaban J connectivity index is 2.05. The van der Waals surface area contributed by atoms with E-state index in [4.69, 9.17) is 0 Å². The second kappa shape index (κ2) is 5.21. The number of phenolic OH excluding ortho intramolecular Hbond substituents is 1. The predicted molar refractivity (Wildman–Crippen MR) is 71.5 cm³/mol. The first-order valence-corrected chi connectivity index (χ1v) is 6.58. The molecule has 0 unspecified atom stereocenters. The third kappa shape index (κ3) is 2.47. The number of hydrogen-bond acceptors (Lipinski definition) is 3. The summed E-state index contributed by atoms with van der Waals surface area (Å²) in [5.74, 6) is 0.379. The molecule has 0 spiro atoms. The molecule has 3 heteroatoms. The summed E-state index contributed by atoms with van der Waals surface area (Å²) in [4.78, 5) is 0. The average Bonchev–Trinajstić information content (AvgIpc) is 2.69. The zero-order chi connectivity index (χ0) is 11.4. The topological polar surface area (TPSA) is 32.3 Å². The number of anilines is 1. The molecular formula is C13H17NOS. The van der Waals surface area contributed by atoms with Gasteiger partial charge in [0, 0.05) is 6.54 Å². The molecule has 2 rings (SSSR count). The van der Waals surface area contributed by atoms with Crippen LogP contribution in [0.5, 0.6) is 5.75 Å². The van der Waals surface area contributed by atoms with Crippen molar-refractivity contribution in [3.63, 3.8) is 0 Å². The minimum Gasteiger partial charge on any atom is -0.506 e. The molecule has 0 fully saturated rings. The van der Waals surface area contributed by atoms with Gasteiger partial charge in [0.2, 0.25) is 0 Å². The van der Waals surface area contributed by atoms with Crippen molar-refractivity contribution in [2.75, 3.05) is 11.9 Å². The summed E-state index contributed by atoms with van der Waals surface area (Å²) in [5, 5.41) is 15.3. The van der Waals surface area contributed by atoms with E-state index in [9.17, 15) is 5.11 Å². The van der Waals surface area contributed by atoms with Crippen LogP contribution in [-0.2, 0) is 0 Å². The number of benzene rings is 1. The molecule has 2 N–H and O–H groups in total. The highest BCUT2D eigenvalue weighted by Gasteiger charge is 2.04. The molecule has 0 aliphatic heterocycles. The highest BCUT2D eigenvalue weighted by molar-refractivity contribution is 7.23. The van der Waals surface area contributed by atoms with E-state index in [0.717, 1.165) is 21.6 Å². The number of nitrogens with one attached hydrogen (secondary N) is 1. The summed E-state index contributed by atoms with van der Waals surface area (Å²) in [5.41, 5.74) is 0. The predicted octanol–water partition coefficient (Wildman–Crippen LogP) is 4.21. The summed E-state index contributed by atoms with van der Waals surface area (Å²) >= 11 is 1.62. The van der Waals surface area contributed by atoms with Gasteiger partial charge in [0.05, 0.1) is 9.70 Å². The van der Waals surface area contributed by atoms with Gasteiger partial charge >= 0.3 is 0 Å². The molecular weight excluding hydrogens is 218 g/mol. The molecule has 16 heavy (non-hydrogen) atoms. The lowest BCUT2D eigenvalue weighted by atomic mass is 10.2. The highest BCUT2D eigenvalue weighted by atomic mass is 32.1. The molecule has 0 atom stereocenters. The highest BCUT2D eigenvalue weighted by Crippen LogP contribution is 2.35. The van der Waals surface area contributed by atoms with Gasteiger partial charge in [0.25, 0.3) is 0 Å². The van der Waals surface area contributed by atoms with Crippen LogP contribution in [0.2, 0.25) is 0 Å². The van der Waals surface area contributed by atoms with E-state index in [-0.39, 0.29) is 0 Å². The van der Waals surface area contributed by atoms with Crippen LogP contribution < -0.4 is 5.32 Å². The van der Waals surface area contributed by atoms with Gasteiger partial charge in [-0.25, -0.2) is 0 Å². The summed E-state index contributed by atoms with van der Waals surface area (Å²) in [6.07, 6.45) is 3.72. The summed E-state index contributed by atoms with van der Waals surface area (Å²) in [6, 6.07) is 7.75. The SMILES string of the molecule is CCCCCNc1cc2cccc(O)c2s1. The van der Waals surface area contributed by atoms with Gasteiger partial charge < -0.3 is 10.4 Å². The van der Waals surface area contributed by atoms with Gasteiger partial charge in [0.1, 0.15) is 5.75 Å². The van der Waals surface area contributed by atoms with Crippen molar-refractivity contribution in [3.05, 3.63) is 24.3 Å². The number of aromatic hydroxyl groups is 1. The van der Waals surface area contributed by atoms with Crippen LogP contribution in [0.1, 0.15) is 26.2 Å². The van der Waals surface area contributed by atoms with Crippen LogP contribution >= 0.6 is 11.3 Å². The molecule has 1 heterocycles. The number of hydrogen-bond donors (Lipinski definition) is 2. The Bertz CT molecular complexity index is 464. The van der Waals surface area contributed by atoms with E-state index in [1.54, 1.807) is 17.4 Å². The zero-order valence-electron chi connectivity index (χ0n) is 9.49. The number of rotatable bonds is 5. The maximum absolute atomic E-state index is 9.68. The minimum atomic E-state index is 0.379. The van der Waals surface area contributed by atoms with Gasteiger partial charge in [0.15, 0.2) is 0 Å². The second-order valence-corrected chi connectivity index (χ2v) is 4.99. The number of unbranched alkanes of at least 4 members (excludes halogenated alkanes) is 2. The van der Waals surface area contributed by atoms with Crippen LogP contribution in [0.15, 0.2) is 24.3 Å². The fraction of sp³-hybridized carbons (Fsp3) is 0.385. The smallest absolute Gasteiger partial charge is 0.133 e. The normalized spacial score (nSPS) is 10.8. The lowest BCUT2D eigenvalue weighted by Gasteiger charge is -2.01. The maximum atomic E-state index is 9.68. The molecule has 0 radical (unpaired) electrons. The van der Waals surface area contributed by atoms with Gasteiger partial charge in [-0.3, -0.25) is 0 Å². The van der Waals surface area contributed by atoms with Crippen LogP contribution in [0.25, 0.3) is 10.1 Å². The van der Waals surface area contributed by atoms with Crippen molar-refractivity contribution in [2.45, 2.75) is 26.2 Å². The Morgan fingerprint density at radius 1 is 1.31 bits per heavy atom.